The van der Waals surface area contributed by atoms with E-state index in [9.17, 15) is 23.1 Å². The maximum absolute atomic E-state index is 12.9. The average Bonchev–Trinajstić information content (AvgIpc) is 2.89. The third-order valence-electron chi connectivity index (χ3n) is 6.27. The zero-order valence-corrected chi connectivity index (χ0v) is 20.7. The Hall–Kier alpha value is -3.85. The van der Waals surface area contributed by atoms with Crippen LogP contribution in [0.1, 0.15) is 24.5 Å². The summed E-state index contributed by atoms with van der Waals surface area (Å²) in [5, 5.41) is 16.1. The molecule has 1 heterocycles. The first-order chi connectivity index (χ1) is 17.3. The normalized spacial score (nSPS) is 12.5. The molecule has 0 fully saturated rings. The molecule has 3 aromatic carbocycles. The van der Waals surface area contributed by atoms with Crippen molar-refractivity contribution in [2.24, 2.45) is 0 Å². The minimum atomic E-state index is -3.98. The summed E-state index contributed by atoms with van der Waals surface area (Å²) in [7, 11) is -3.98. The number of hydrogen-bond donors (Lipinski definition) is 1. The van der Waals surface area contributed by atoms with E-state index >= 15 is 0 Å². The number of nitrogens with zero attached hydrogens (tertiary/aromatic N) is 3. The third-order valence-corrected chi connectivity index (χ3v) is 8.34. The van der Waals surface area contributed by atoms with Gasteiger partial charge in [-0.15, -0.1) is 5.10 Å². The van der Waals surface area contributed by atoms with Crippen molar-refractivity contribution in [3.05, 3.63) is 94.3 Å². The molecule has 1 atom stereocenters. The first kappa shape index (κ1) is 25.2. The van der Waals surface area contributed by atoms with Crippen molar-refractivity contribution in [2.45, 2.75) is 38.0 Å². The van der Waals surface area contributed by atoms with Crippen LogP contribution < -0.4 is 5.56 Å². The Bertz CT molecular complexity index is 1530. The van der Waals surface area contributed by atoms with Gasteiger partial charge in [0.05, 0.1) is 11.1 Å². The van der Waals surface area contributed by atoms with Crippen molar-refractivity contribution in [3.63, 3.8) is 0 Å². The van der Waals surface area contributed by atoms with Gasteiger partial charge in [-0.25, -0.2) is 13.1 Å². The lowest BCUT2D eigenvalue weighted by Gasteiger charge is -2.14. The fourth-order valence-corrected chi connectivity index (χ4v) is 5.64. The second-order valence-electron chi connectivity index (χ2n) is 8.61. The third kappa shape index (κ3) is 5.68. The molecule has 9 heteroatoms. The maximum Gasteiger partial charge on any atom is 0.321 e. The lowest BCUT2D eigenvalue weighted by Crippen LogP contribution is -2.35. The fourth-order valence-electron chi connectivity index (χ4n) is 4.07. The molecule has 186 valence electrons. The number of carboxylic acid groups (broad SMARTS) is 1. The summed E-state index contributed by atoms with van der Waals surface area (Å²) in [5.41, 5.74) is 4.13. The molecular weight excluding hydrogens is 478 g/mol. The summed E-state index contributed by atoms with van der Waals surface area (Å²) in [4.78, 5) is 24.4. The number of carboxylic acids is 1. The van der Waals surface area contributed by atoms with Crippen LogP contribution in [0, 0.1) is 0 Å². The molecule has 8 nitrogen and oxygen atoms in total. The number of fused-ring (bicyclic) bond motifs is 1. The molecule has 0 aliphatic carbocycles. The van der Waals surface area contributed by atoms with Crippen LogP contribution in [0.15, 0.2) is 77.6 Å². The molecule has 1 unspecified atom stereocenters. The van der Waals surface area contributed by atoms with Crippen molar-refractivity contribution in [1.29, 1.82) is 0 Å². The van der Waals surface area contributed by atoms with Gasteiger partial charge in [0.1, 0.15) is 5.52 Å². The van der Waals surface area contributed by atoms with Gasteiger partial charge in [0.25, 0.3) is 5.56 Å². The molecule has 4 rings (SSSR count). The Morgan fingerprint density at radius 1 is 0.944 bits per heavy atom. The highest BCUT2D eigenvalue weighted by Crippen LogP contribution is 2.21. The van der Waals surface area contributed by atoms with Crippen LogP contribution in [0.5, 0.6) is 0 Å². The van der Waals surface area contributed by atoms with Crippen molar-refractivity contribution in [2.75, 3.05) is 5.75 Å². The molecule has 0 amide bonds. The number of aromatic nitrogens is 3. The fraction of sp³-hybridized carbons (Fsp3) is 0.259. The van der Waals surface area contributed by atoms with E-state index in [0.29, 0.717) is 10.9 Å². The molecule has 0 bridgehead atoms. The monoisotopic (exact) mass is 505 g/mol. The van der Waals surface area contributed by atoms with Crippen LogP contribution in [-0.2, 0) is 34.0 Å². The highest BCUT2D eigenvalue weighted by atomic mass is 32.2. The number of benzene rings is 3. The van der Waals surface area contributed by atoms with Crippen molar-refractivity contribution in [3.8, 4) is 11.1 Å². The SMILES string of the molecule is CCc1ccc(-c2ccc(CCS(=O)(=O)C(CCn3nnc4ccccc4c3=O)C(=O)O)cc2)cc1. The Balaban J connectivity index is 1.42. The Labute approximate surface area is 209 Å². The molecule has 0 radical (unpaired) electrons. The van der Waals surface area contributed by atoms with Gasteiger partial charge in [0.2, 0.25) is 0 Å². The van der Waals surface area contributed by atoms with Gasteiger partial charge in [-0.1, -0.05) is 72.8 Å². The van der Waals surface area contributed by atoms with E-state index in [1.807, 2.05) is 24.3 Å². The van der Waals surface area contributed by atoms with Crippen LogP contribution in [0.4, 0.5) is 0 Å². The van der Waals surface area contributed by atoms with Gasteiger partial charge < -0.3 is 5.11 Å². The van der Waals surface area contributed by atoms with Crippen LogP contribution in [0.2, 0.25) is 0 Å². The molecule has 0 aliphatic heterocycles. The minimum absolute atomic E-state index is 0.168. The molecule has 1 aromatic heterocycles. The van der Waals surface area contributed by atoms with E-state index < -0.39 is 26.6 Å². The first-order valence-corrected chi connectivity index (χ1v) is 13.4. The van der Waals surface area contributed by atoms with E-state index in [2.05, 4.69) is 41.5 Å². The van der Waals surface area contributed by atoms with Gasteiger partial charge >= 0.3 is 5.97 Å². The summed E-state index contributed by atoms with van der Waals surface area (Å²) in [6.07, 6.45) is 0.881. The topological polar surface area (TPSA) is 119 Å². The van der Waals surface area contributed by atoms with E-state index in [-0.39, 0.29) is 25.1 Å². The molecular formula is C27H27N3O5S. The molecule has 0 saturated heterocycles. The van der Waals surface area contributed by atoms with Gasteiger partial charge in [0.15, 0.2) is 15.1 Å². The number of aliphatic carboxylic acids is 1. The lowest BCUT2D eigenvalue weighted by atomic mass is 10.0. The predicted molar refractivity (Wildman–Crippen MR) is 139 cm³/mol. The van der Waals surface area contributed by atoms with Crippen molar-refractivity contribution >= 4 is 26.7 Å². The van der Waals surface area contributed by atoms with Crippen molar-refractivity contribution in [1.82, 2.24) is 15.0 Å². The zero-order chi connectivity index (χ0) is 25.7. The van der Waals surface area contributed by atoms with E-state index in [4.69, 9.17) is 0 Å². The number of sulfone groups is 1. The van der Waals surface area contributed by atoms with Gasteiger partial charge in [-0.3, -0.25) is 9.59 Å². The molecule has 36 heavy (non-hydrogen) atoms. The van der Waals surface area contributed by atoms with Crippen LogP contribution in [0.25, 0.3) is 22.0 Å². The number of aryl methyl sites for hydroxylation is 3. The highest BCUT2D eigenvalue weighted by Gasteiger charge is 2.32. The Morgan fingerprint density at radius 2 is 1.56 bits per heavy atom. The largest absolute Gasteiger partial charge is 0.480 e. The van der Waals surface area contributed by atoms with Crippen LogP contribution in [-0.4, -0.2) is 45.5 Å². The second-order valence-corrected chi connectivity index (χ2v) is 10.9. The minimum Gasteiger partial charge on any atom is -0.480 e. The molecule has 0 saturated carbocycles. The summed E-state index contributed by atoms with van der Waals surface area (Å²) in [5.74, 6) is -1.75. The Kier molecular flexibility index (Phi) is 7.59. The smallest absolute Gasteiger partial charge is 0.321 e. The van der Waals surface area contributed by atoms with Crippen LogP contribution in [0.3, 0.4) is 0 Å². The number of rotatable bonds is 10. The quantitative estimate of drug-likeness (QED) is 0.350. The summed E-state index contributed by atoms with van der Waals surface area (Å²) in [6.45, 7) is 1.93. The first-order valence-electron chi connectivity index (χ1n) is 11.7. The standard InChI is InChI=1S/C27H27N3O5S/c1-2-19-7-11-21(12-8-19)22-13-9-20(10-14-22)16-18-36(34,35)25(27(32)33)15-17-30-26(31)23-5-3-4-6-24(23)28-29-30/h3-14,25H,2,15-18H2,1H3,(H,32,33). The summed E-state index contributed by atoms with van der Waals surface area (Å²) < 4.78 is 26.8. The van der Waals surface area contributed by atoms with E-state index in [1.54, 1.807) is 24.3 Å². The number of hydrogen-bond acceptors (Lipinski definition) is 6. The molecule has 0 aliphatic rings. The van der Waals surface area contributed by atoms with Gasteiger partial charge in [-0.2, -0.15) is 0 Å². The predicted octanol–water partition coefficient (Wildman–Crippen LogP) is 3.52. The number of carbonyl (C=O) groups is 1. The lowest BCUT2D eigenvalue weighted by molar-refractivity contribution is -0.136. The van der Waals surface area contributed by atoms with E-state index in [1.165, 1.54) is 5.56 Å². The molecule has 1 N–H and O–H groups in total. The summed E-state index contributed by atoms with van der Waals surface area (Å²) >= 11 is 0. The summed E-state index contributed by atoms with van der Waals surface area (Å²) in [6, 6.07) is 22.5. The van der Waals surface area contributed by atoms with E-state index in [0.717, 1.165) is 27.8 Å². The van der Waals surface area contributed by atoms with Crippen molar-refractivity contribution < 1.29 is 18.3 Å². The average molecular weight is 506 g/mol. The van der Waals surface area contributed by atoms with Gasteiger partial charge in [-0.05, 0) is 53.6 Å². The van der Waals surface area contributed by atoms with Crippen LogP contribution >= 0.6 is 0 Å². The molecule has 0 spiro atoms. The zero-order valence-electron chi connectivity index (χ0n) is 19.9. The van der Waals surface area contributed by atoms with Gasteiger partial charge in [0, 0.05) is 6.54 Å². The molecule has 4 aromatic rings. The maximum atomic E-state index is 12.9. The Morgan fingerprint density at radius 3 is 2.17 bits per heavy atom. The highest BCUT2D eigenvalue weighted by molar-refractivity contribution is 7.92. The second kappa shape index (κ2) is 10.8.